The summed E-state index contributed by atoms with van der Waals surface area (Å²) in [7, 11) is 0. The first-order valence-electron chi connectivity index (χ1n) is 18.1. The average molecular weight is 869 g/mol. The minimum absolute atomic E-state index is 0. The van der Waals surface area contributed by atoms with Gasteiger partial charge in [-0.3, -0.25) is 0 Å². The van der Waals surface area contributed by atoms with Crippen LogP contribution in [-0.2, 0) is 20.1 Å². The molecule has 0 aliphatic carbocycles. The quantitative estimate of drug-likeness (QED) is 0.162. The Morgan fingerprint density at radius 3 is 1.85 bits per heavy atom. The van der Waals surface area contributed by atoms with Crippen molar-refractivity contribution in [2.75, 3.05) is 0 Å². The summed E-state index contributed by atoms with van der Waals surface area (Å²) >= 11 is 0. The van der Waals surface area contributed by atoms with Gasteiger partial charge in [-0.15, -0.1) is 53.6 Å². The standard InChI is InChI=1S/C37H22N3.C12H10N.Ir/c1-20-16-30(38-19-21(20)2)27-15-14-26-23-9-4-6-13-32(23)40-34-17-28-25-11-7-10-24-22-8-3-5-12-31(22)39(36(24)25)33(28)18-29(34)35(27)37(26)40;1-10-7-8-12(13-9-10)11-5-3-2-4-6-11;/h3-14,16-19H,1-2H3;2-5,7-9H,1H3;/q2*-1;. The Morgan fingerprint density at radius 2 is 1.13 bits per heavy atom. The fourth-order valence-electron chi connectivity index (χ4n) is 8.50. The van der Waals surface area contributed by atoms with Crippen LogP contribution in [0.25, 0.3) is 98.7 Å². The zero-order chi connectivity index (χ0) is 35.4. The molecule has 1 radical (unpaired) electrons. The molecule has 0 aliphatic heterocycles. The minimum Gasteiger partial charge on any atom is -0.327 e. The molecule has 6 heterocycles. The topological polar surface area (TPSA) is 34.6 Å². The van der Waals surface area contributed by atoms with E-state index in [-0.39, 0.29) is 20.1 Å². The minimum atomic E-state index is 0. The van der Waals surface area contributed by atoms with Gasteiger partial charge < -0.3 is 18.8 Å². The number of nitrogens with zero attached hydrogens (tertiary/aromatic N) is 4. The van der Waals surface area contributed by atoms with Crippen LogP contribution in [0.4, 0.5) is 0 Å². The maximum atomic E-state index is 4.90. The second-order valence-corrected chi connectivity index (χ2v) is 14.2. The zero-order valence-electron chi connectivity index (χ0n) is 29.9. The van der Waals surface area contributed by atoms with Crippen LogP contribution in [0.2, 0.25) is 0 Å². The molecule has 0 aliphatic rings. The van der Waals surface area contributed by atoms with E-state index in [1.165, 1.54) is 92.9 Å². The van der Waals surface area contributed by atoms with Gasteiger partial charge >= 0.3 is 0 Å². The van der Waals surface area contributed by atoms with Gasteiger partial charge in [-0.05, 0) is 83.8 Å². The number of aryl methyl sites for hydroxylation is 3. The van der Waals surface area contributed by atoms with Gasteiger partial charge in [0.2, 0.25) is 0 Å². The number of rotatable bonds is 2. The molecule has 0 unspecified atom stereocenters. The van der Waals surface area contributed by atoms with E-state index in [1.54, 1.807) is 0 Å². The molecule has 0 fully saturated rings. The summed E-state index contributed by atoms with van der Waals surface area (Å²) < 4.78 is 4.94. The van der Waals surface area contributed by atoms with E-state index in [0.717, 1.165) is 22.5 Å². The van der Waals surface area contributed by atoms with Crippen molar-refractivity contribution >= 4 is 76.2 Å². The molecule has 4 nitrogen and oxygen atoms in total. The van der Waals surface area contributed by atoms with Crippen molar-refractivity contribution in [3.05, 3.63) is 169 Å². The van der Waals surface area contributed by atoms with Crippen molar-refractivity contribution in [2.24, 2.45) is 0 Å². The van der Waals surface area contributed by atoms with Gasteiger partial charge in [-0.2, -0.15) is 0 Å². The van der Waals surface area contributed by atoms with Gasteiger partial charge in [0.25, 0.3) is 0 Å². The predicted octanol–water partition coefficient (Wildman–Crippen LogP) is 12.3. The third kappa shape index (κ3) is 4.59. The summed E-state index contributed by atoms with van der Waals surface area (Å²) in [5.74, 6) is 0. The average Bonchev–Trinajstić information content (AvgIpc) is 3.92. The summed E-state index contributed by atoms with van der Waals surface area (Å²) in [6, 6.07) is 52.3. The van der Waals surface area contributed by atoms with E-state index in [0.29, 0.717) is 0 Å². The molecular formula is C49H32IrN4-2. The van der Waals surface area contributed by atoms with Crippen molar-refractivity contribution in [1.29, 1.82) is 0 Å². The second kappa shape index (κ2) is 12.2. The maximum Gasteiger partial charge on any atom is 0.0620 e. The molecule has 259 valence electrons. The van der Waals surface area contributed by atoms with Crippen molar-refractivity contribution in [3.63, 3.8) is 0 Å². The molecule has 12 aromatic rings. The van der Waals surface area contributed by atoms with Gasteiger partial charge in [-0.25, -0.2) is 0 Å². The van der Waals surface area contributed by atoms with E-state index in [1.807, 2.05) is 49.6 Å². The first-order chi connectivity index (χ1) is 26.0. The number of fused-ring (bicyclic) bond motifs is 12. The molecule has 0 amide bonds. The predicted molar refractivity (Wildman–Crippen MR) is 221 cm³/mol. The van der Waals surface area contributed by atoms with Gasteiger partial charge in [0, 0.05) is 65.1 Å². The van der Waals surface area contributed by atoms with Crippen molar-refractivity contribution in [2.45, 2.75) is 20.8 Å². The number of hydrogen-bond donors (Lipinski definition) is 0. The first kappa shape index (κ1) is 32.5. The number of para-hydroxylation sites is 3. The van der Waals surface area contributed by atoms with Crippen molar-refractivity contribution in [3.8, 4) is 22.5 Å². The summed E-state index contributed by atoms with van der Waals surface area (Å²) in [4.78, 5) is 9.22. The normalized spacial score (nSPS) is 11.8. The van der Waals surface area contributed by atoms with Crippen LogP contribution in [0.15, 0.2) is 140 Å². The van der Waals surface area contributed by atoms with E-state index < -0.39 is 0 Å². The molecule has 0 atom stereocenters. The number of benzene rings is 6. The first-order valence-corrected chi connectivity index (χ1v) is 18.1. The Balaban J connectivity index is 0.000000220. The summed E-state index contributed by atoms with van der Waals surface area (Å²) in [6.07, 6.45) is 3.86. The fourth-order valence-corrected chi connectivity index (χ4v) is 8.50. The van der Waals surface area contributed by atoms with Gasteiger partial charge in [-0.1, -0.05) is 89.1 Å². The third-order valence-corrected chi connectivity index (χ3v) is 11.1. The Bertz CT molecular complexity index is 3360. The van der Waals surface area contributed by atoms with Gasteiger partial charge in [0.15, 0.2) is 0 Å². The number of aromatic nitrogens is 4. The molecule has 0 saturated heterocycles. The Labute approximate surface area is 325 Å². The van der Waals surface area contributed by atoms with E-state index in [9.17, 15) is 0 Å². The Morgan fingerprint density at radius 1 is 0.481 bits per heavy atom. The van der Waals surface area contributed by atoms with Crippen LogP contribution in [0.3, 0.4) is 0 Å². The summed E-state index contributed by atoms with van der Waals surface area (Å²) in [5, 5.41) is 10.2. The molecule has 0 spiro atoms. The second-order valence-electron chi connectivity index (χ2n) is 14.2. The van der Waals surface area contributed by atoms with Crippen molar-refractivity contribution < 1.29 is 20.1 Å². The van der Waals surface area contributed by atoms with Crippen molar-refractivity contribution in [1.82, 2.24) is 18.8 Å². The molecule has 0 bridgehead atoms. The SMILES string of the molecule is Cc1ccc(-c2[c-]cccc2)nc1.Cc1cnc(-c2[c-]cc3c4ccccc4n4c5cc6c7cccc8c9ccccc9n(c6cc5c2c34)c87)cc1C.[Ir]. The van der Waals surface area contributed by atoms with Crippen LogP contribution in [0.5, 0.6) is 0 Å². The Hall–Kier alpha value is -6.13. The third-order valence-electron chi connectivity index (χ3n) is 11.1. The van der Waals surface area contributed by atoms with E-state index >= 15 is 0 Å². The van der Waals surface area contributed by atoms with Gasteiger partial charge in [0.1, 0.15) is 0 Å². The molecule has 6 aromatic carbocycles. The number of hydrogen-bond acceptors (Lipinski definition) is 2. The molecule has 0 saturated carbocycles. The molecule has 6 aromatic heterocycles. The Kier molecular flexibility index (Phi) is 7.35. The summed E-state index contributed by atoms with van der Waals surface area (Å²) in [5.41, 5.74) is 15.2. The fraction of sp³-hybridized carbons (Fsp3) is 0.0612. The van der Waals surface area contributed by atoms with Crippen LogP contribution in [-0.4, -0.2) is 18.8 Å². The smallest absolute Gasteiger partial charge is 0.0620 e. The maximum absolute atomic E-state index is 4.90. The molecule has 12 rings (SSSR count). The zero-order valence-corrected chi connectivity index (χ0v) is 32.3. The largest absolute Gasteiger partial charge is 0.327 e. The molecular weight excluding hydrogens is 837 g/mol. The van der Waals surface area contributed by atoms with Crippen LogP contribution in [0, 0.1) is 32.9 Å². The summed E-state index contributed by atoms with van der Waals surface area (Å²) in [6.45, 7) is 6.32. The van der Waals surface area contributed by atoms with Crippen LogP contribution >= 0.6 is 0 Å². The monoisotopic (exact) mass is 869 g/mol. The van der Waals surface area contributed by atoms with Crippen LogP contribution < -0.4 is 0 Å². The van der Waals surface area contributed by atoms with E-state index in [4.69, 9.17) is 4.98 Å². The molecule has 5 heteroatoms. The van der Waals surface area contributed by atoms with E-state index in [2.05, 4.69) is 137 Å². The molecule has 54 heavy (non-hydrogen) atoms. The van der Waals surface area contributed by atoms with Crippen LogP contribution in [0.1, 0.15) is 16.7 Å². The number of pyridine rings is 2. The van der Waals surface area contributed by atoms with Gasteiger partial charge in [0.05, 0.1) is 16.6 Å². The molecule has 0 N–H and O–H groups in total.